The lowest BCUT2D eigenvalue weighted by molar-refractivity contribution is -0.116. The summed E-state index contributed by atoms with van der Waals surface area (Å²) in [6, 6.07) is 11.0. The van der Waals surface area contributed by atoms with Crippen molar-refractivity contribution in [2.24, 2.45) is 7.05 Å². The van der Waals surface area contributed by atoms with Crippen LogP contribution in [0.5, 0.6) is 0 Å². The van der Waals surface area contributed by atoms with Crippen molar-refractivity contribution >= 4 is 23.3 Å². The van der Waals surface area contributed by atoms with Gasteiger partial charge in [0.25, 0.3) is 0 Å². The van der Waals surface area contributed by atoms with E-state index in [1.807, 2.05) is 44.3 Å². The van der Waals surface area contributed by atoms with E-state index >= 15 is 0 Å². The van der Waals surface area contributed by atoms with E-state index in [2.05, 4.69) is 10.4 Å². The van der Waals surface area contributed by atoms with Crippen LogP contribution in [0.15, 0.2) is 36.4 Å². The highest BCUT2D eigenvalue weighted by Gasteiger charge is 2.18. The van der Waals surface area contributed by atoms with Gasteiger partial charge in [-0.15, -0.1) is 11.6 Å². The van der Waals surface area contributed by atoms with Gasteiger partial charge >= 0.3 is 0 Å². The number of carbonyl (C=O) groups excluding carboxylic acids is 1. The predicted octanol–water partition coefficient (Wildman–Crippen LogP) is 2.65. The minimum absolute atomic E-state index is 0.277. The molecule has 1 N–H and O–H groups in total. The molecule has 0 radical (unpaired) electrons. The number of benzene rings is 1. The summed E-state index contributed by atoms with van der Waals surface area (Å²) in [5.41, 5.74) is 1.74. The largest absolute Gasteiger partial charge is 0.308 e. The Morgan fingerprint density at radius 2 is 2.06 bits per heavy atom. The van der Waals surface area contributed by atoms with Gasteiger partial charge in [0, 0.05) is 18.8 Å². The lowest BCUT2D eigenvalue weighted by atomic mass is 10.1. The monoisotopic (exact) mass is 263 g/mol. The van der Waals surface area contributed by atoms with Gasteiger partial charge in [-0.3, -0.25) is 9.48 Å². The van der Waals surface area contributed by atoms with E-state index in [0.29, 0.717) is 5.82 Å². The Kier molecular flexibility index (Phi) is 3.67. The van der Waals surface area contributed by atoms with Crippen molar-refractivity contribution in [3.05, 3.63) is 47.7 Å². The zero-order valence-electron chi connectivity index (χ0n) is 10.2. The van der Waals surface area contributed by atoms with Gasteiger partial charge in [-0.05, 0) is 12.5 Å². The maximum absolute atomic E-state index is 11.9. The number of rotatable bonds is 3. The molecule has 94 valence electrons. The zero-order valence-corrected chi connectivity index (χ0v) is 11.0. The Hall–Kier alpha value is -1.81. The molecule has 0 aliphatic carbocycles. The van der Waals surface area contributed by atoms with Crippen LogP contribution in [0, 0.1) is 6.92 Å². The Labute approximate surface area is 111 Å². The first-order valence-corrected chi connectivity index (χ1v) is 6.02. The second kappa shape index (κ2) is 5.23. The SMILES string of the molecule is Cc1cc(NC(=O)C(Cl)c2ccccc2)nn1C. The first kappa shape index (κ1) is 12.6. The maximum atomic E-state index is 11.9. The van der Waals surface area contributed by atoms with Crippen molar-refractivity contribution in [3.8, 4) is 0 Å². The lowest BCUT2D eigenvalue weighted by Crippen LogP contribution is -2.17. The molecule has 4 nitrogen and oxygen atoms in total. The van der Waals surface area contributed by atoms with Gasteiger partial charge in [-0.25, -0.2) is 0 Å². The Morgan fingerprint density at radius 1 is 1.39 bits per heavy atom. The Balaban J connectivity index is 2.08. The second-order valence-electron chi connectivity index (χ2n) is 4.06. The molecule has 0 fully saturated rings. The summed E-state index contributed by atoms with van der Waals surface area (Å²) in [7, 11) is 1.82. The number of nitrogens with one attached hydrogen (secondary N) is 1. The van der Waals surface area contributed by atoms with Gasteiger partial charge in [-0.2, -0.15) is 5.10 Å². The van der Waals surface area contributed by atoms with Crippen LogP contribution < -0.4 is 5.32 Å². The predicted molar refractivity (Wildman–Crippen MR) is 71.6 cm³/mol. The maximum Gasteiger partial charge on any atom is 0.248 e. The molecule has 1 unspecified atom stereocenters. The Bertz CT molecular complexity index is 531. The van der Waals surface area contributed by atoms with Gasteiger partial charge in [-0.1, -0.05) is 30.3 Å². The fraction of sp³-hybridized carbons (Fsp3) is 0.231. The van der Waals surface area contributed by atoms with Crippen molar-refractivity contribution in [1.29, 1.82) is 0 Å². The summed E-state index contributed by atoms with van der Waals surface area (Å²) in [6.07, 6.45) is 0. The number of alkyl halides is 1. The van der Waals surface area contributed by atoms with Gasteiger partial charge in [0.1, 0.15) is 5.38 Å². The number of hydrogen-bond donors (Lipinski definition) is 1. The van der Waals surface area contributed by atoms with Crippen LogP contribution in [0.3, 0.4) is 0 Å². The molecule has 0 spiro atoms. The number of aryl methyl sites for hydroxylation is 2. The molecule has 0 saturated carbocycles. The highest BCUT2D eigenvalue weighted by Crippen LogP contribution is 2.21. The summed E-state index contributed by atoms with van der Waals surface area (Å²) in [5, 5.41) is 6.14. The van der Waals surface area contributed by atoms with Crippen LogP contribution in [-0.4, -0.2) is 15.7 Å². The van der Waals surface area contributed by atoms with Gasteiger partial charge in [0.15, 0.2) is 5.82 Å². The van der Waals surface area contributed by atoms with E-state index in [1.54, 1.807) is 10.7 Å². The van der Waals surface area contributed by atoms with E-state index in [1.165, 1.54) is 0 Å². The summed E-state index contributed by atoms with van der Waals surface area (Å²) in [5.74, 6) is 0.238. The fourth-order valence-electron chi connectivity index (χ4n) is 1.58. The minimum atomic E-state index is -0.714. The third-order valence-corrected chi connectivity index (χ3v) is 3.14. The van der Waals surface area contributed by atoms with E-state index in [-0.39, 0.29) is 5.91 Å². The van der Waals surface area contributed by atoms with E-state index in [9.17, 15) is 4.79 Å². The summed E-state index contributed by atoms with van der Waals surface area (Å²) < 4.78 is 1.70. The molecule has 1 atom stereocenters. The number of hydrogen-bond acceptors (Lipinski definition) is 2. The normalized spacial score (nSPS) is 12.2. The number of aromatic nitrogens is 2. The molecule has 1 amide bonds. The average molecular weight is 264 g/mol. The highest BCUT2D eigenvalue weighted by atomic mass is 35.5. The van der Waals surface area contributed by atoms with Crippen molar-refractivity contribution in [2.75, 3.05) is 5.32 Å². The lowest BCUT2D eigenvalue weighted by Gasteiger charge is -2.08. The smallest absolute Gasteiger partial charge is 0.248 e. The quantitative estimate of drug-likeness (QED) is 0.866. The van der Waals surface area contributed by atoms with Crippen LogP contribution >= 0.6 is 11.6 Å². The first-order chi connectivity index (χ1) is 8.58. The van der Waals surface area contributed by atoms with Gasteiger partial charge in [0.2, 0.25) is 5.91 Å². The van der Waals surface area contributed by atoms with Crippen LogP contribution in [0.4, 0.5) is 5.82 Å². The van der Waals surface area contributed by atoms with Crippen molar-refractivity contribution in [3.63, 3.8) is 0 Å². The molecule has 2 aromatic rings. The van der Waals surface area contributed by atoms with E-state index in [4.69, 9.17) is 11.6 Å². The van der Waals surface area contributed by atoms with Gasteiger partial charge < -0.3 is 5.32 Å². The molecular weight excluding hydrogens is 250 g/mol. The second-order valence-corrected chi connectivity index (χ2v) is 4.49. The molecule has 0 aliphatic rings. The number of anilines is 1. The van der Waals surface area contributed by atoms with Gasteiger partial charge in [0.05, 0.1) is 0 Å². The number of halogens is 1. The third kappa shape index (κ3) is 2.71. The van der Waals surface area contributed by atoms with E-state index < -0.39 is 5.38 Å². The standard InChI is InChI=1S/C13H14ClN3O/c1-9-8-11(16-17(9)2)15-13(18)12(14)10-6-4-3-5-7-10/h3-8,12H,1-2H3,(H,15,16,18). The molecule has 2 rings (SSSR count). The molecule has 18 heavy (non-hydrogen) atoms. The van der Waals surface area contributed by atoms with Crippen molar-refractivity contribution in [1.82, 2.24) is 9.78 Å². The summed E-state index contributed by atoms with van der Waals surface area (Å²) in [6.45, 7) is 1.91. The summed E-state index contributed by atoms with van der Waals surface area (Å²) in [4.78, 5) is 11.9. The van der Waals surface area contributed by atoms with E-state index in [0.717, 1.165) is 11.3 Å². The topological polar surface area (TPSA) is 46.9 Å². The van der Waals surface area contributed by atoms with Crippen molar-refractivity contribution < 1.29 is 4.79 Å². The van der Waals surface area contributed by atoms with Crippen LogP contribution in [0.25, 0.3) is 0 Å². The fourth-order valence-corrected chi connectivity index (χ4v) is 1.78. The highest BCUT2D eigenvalue weighted by molar-refractivity contribution is 6.32. The van der Waals surface area contributed by atoms with Crippen LogP contribution in [-0.2, 0) is 11.8 Å². The Morgan fingerprint density at radius 3 is 2.61 bits per heavy atom. The minimum Gasteiger partial charge on any atom is -0.308 e. The molecule has 1 aromatic carbocycles. The molecule has 1 heterocycles. The molecule has 0 aliphatic heterocycles. The van der Waals surface area contributed by atoms with Crippen LogP contribution in [0.1, 0.15) is 16.6 Å². The number of nitrogens with zero attached hydrogens (tertiary/aromatic N) is 2. The molecule has 0 saturated heterocycles. The first-order valence-electron chi connectivity index (χ1n) is 5.58. The molecule has 5 heteroatoms. The molecular formula is C13H14ClN3O. The molecule has 0 bridgehead atoms. The molecule has 1 aromatic heterocycles. The van der Waals surface area contributed by atoms with Crippen LogP contribution in [0.2, 0.25) is 0 Å². The van der Waals surface area contributed by atoms with Crippen molar-refractivity contribution in [2.45, 2.75) is 12.3 Å². The third-order valence-electron chi connectivity index (χ3n) is 2.69. The number of carbonyl (C=O) groups is 1. The summed E-state index contributed by atoms with van der Waals surface area (Å²) >= 11 is 6.11. The average Bonchev–Trinajstić information content (AvgIpc) is 2.68. The number of amides is 1. The zero-order chi connectivity index (χ0) is 13.1.